The van der Waals surface area contributed by atoms with Crippen molar-refractivity contribution < 1.29 is 4.79 Å². The third kappa shape index (κ3) is 2.86. The Labute approximate surface area is 138 Å². The first kappa shape index (κ1) is 14.7. The molecule has 120 valence electrons. The number of likely N-dealkylation sites (tertiary alicyclic amines) is 1. The molecular weight excluding hydrogens is 314 g/mol. The second-order valence-electron chi connectivity index (χ2n) is 6.57. The summed E-state index contributed by atoms with van der Waals surface area (Å²) in [7, 11) is 0. The third-order valence-electron chi connectivity index (χ3n) is 4.90. The van der Waals surface area contributed by atoms with E-state index >= 15 is 0 Å². The van der Waals surface area contributed by atoms with Crippen LogP contribution in [0.2, 0.25) is 5.02 Å². The van der Waals surface area contributed by atoms with Gasteiger partial charge < -0.3 is 10.3 Å². The van der Waals surface area contributed by atoms with E-state index in [0.717, 1.165) is 30.8 Å². The van der Waals surface area contributed by atoms with Crippen molar-refractivity contribution >= 4 is 28.4 Å². The molecule has 3 heterocycles. The molecule has 0 bridgehead atoms. The molecule has 1 aromatic carbocycles. The largest absolute Gasteiger partial charge is 0.357 e. The van der Waals surface area contributed by atoms with E-state index in [1.807, 2.05) is 6.07 Å². The number of fused-ring (bicyclic) bond motifs is 2. The molecule has 0 saturated carbocycles. The Balaban J connectivity index is 1.55. The summed E-state index contributed by atoms with van der Waals surface area (Å²) in [5.41, 5.74) is 1.71. The van der Waals surface area contributed by atoms with Crippen molar-refractivity contribution in [2.75, 3.05) is 19.6 Å². The number of carbonyl (C=O) groups is 1. The maximum atomic E-state index is 12.3. The predicted molar refractivity (Wildman–Crippen MR) is 89.5 cm³/mol. The molecule has 2 N–H and O–H groups in total. The van der Waals surface area contributed by atoms with Crippen LogP contribution in [0.4, 0.5) is 0 Å². The third-order valence-corrected chi connectivity index (χ3v) is 5.14. The molecule has 0 radical (unpaired) electrons. The number of amides is 1. The lowest BCUT2D eigenvalue weighted by Crippen LogP contribution is -2.39. The van der Waals surface area contributed by atoms with Crippen LogP contribution in [-0.2, 0) is 11.3 Å². The van der Waals surface area contributed by atoms with Gasteiger partial charge in [0.05, 0.1) is 0 Å². The Morgan fingerprint density at radius 3 is 2.87 bits per heavy atom. The highest BCUT2D eigenvalue weighted by atomic mass is 35.5. The van der Waals surface area contributed by atoms with Crippen LogP contribution in [0.15, 0.2) is 29.1 Å². The van der Waals surface area contributed by atoms with Crippen molar-refractivity contribution in [2.24, 2.45) is 11.8 Å². The molecule has 2 aliphatic rings. The second-order valence-corrected chi connectivity index (χ2v) is 7.01. The number of carbonyl (C=O) groups excluding carboxylic acids is 1. The van der Waals surface area contributed by atoms with E-state index in [4.69, 9.17) is 11.6 Å². The lowest BCUT2D eigenvalue weighted by Gasteiger charge is -2.23. The van der Waals surface area contributed by atoms with E-state index in [2.05, 4.69) is 15.2 Å². The van der Waals surface area contributed by atoms with Gasteiger partial charge in [0.15, 0.2) is 5.43 Å². The fraction of sp³-hybridized carbons (Fsp3) is 0.412. The highest BCUT2D eigenvalue weighted by Gasteiger charge is 2.37. The molecule has 2 aromatic rings. The average Bonchev–Trinajstić information content (AvgIpc) is 2.89. The van der Waals surface area contributed by atoms with E-state index in [1.54, 1.807) is 18.2 Å². The van der Waals surface area contributed by atoms with Gasteiger partial charge >= 0.3 is 0 Å². The number of rotatable bonds is 2. The summed E-state index contributed by atoms with van der Waals surface area (Å²) >= 11 is 5.96. The molecule has 5 nitrogen and oxygen atoms in total. The number of halogens is 1. The van der Waals surface area contributed by atoms with Gasteiger partial charge in [-0.1, -0.05) is 11.6 Å². The lowest BCUT2D eigenvalue weighted by molar-refractivity contribution is -0.124. The maximum Gasteiger partial charge on any atom is 0.220 e. The normalized spacial score (nSPS) is 24.7. The van der Waals surface area contributed by atoms with Crippen molar-refractivity contribution in [3.63, 3.8) is 0 Å². The highest BCUT2D eigenvalue weighted by Crippen LogP contribution is 2.29. The number of piperidine rings is 1. The summed E-state index contributed by atoms with van der Waals surface area (Å²) < 4.78 is 0. The Morgan fingerprint density at radius 2 is 2.00 bits per heavy atom. The van der Waals surface area contributed by atoms with Crippen LogP contribution in [0.1, 0.15) is 12.1 Å². The van der Waals surface area contributed by atoms with Gasteiger partial charge in [-0.2, -0.15) is 0 Å². The van der Waals surface area contributed by atoms with Crippen LogP contribution in [0.5, 0.6) is 0 Å². The molecule has 2 atom stereocenters. The fourth-order valence-electron chi connectivity index (χ4n) is 3.78. The van der Waals surface area contributed by atoms with Crippen LogP contribution < -0.4 is 10.7 Å². The number of benzene rings is 1. The topological polar surface area (TPSA) is 65.2 Å². The molecule has 0 aliphatic carbocycles. The number of aromatic amines is 1. The predicted octanol–water partition coefficient (Wildman–Crippen LogP) is 1.75. The molecule has 1 aromatic heterocycles. The molecule has 0 spiro atoms. The zero-order chi connectivity index (χ0) is 16.0. The fourth-order valence-corrected chi connectivity index (χ4v) is 3.96. The minimum Gasteiger partial charge on any atom is -0.357 e. The number of nitrogens with one attached hydrogen (secondary N) is 2. The molecule has 1 amide bonds. The van der Waals surface area contributed by atoms with Crippen molar-refractivity contribution in [1.29, 1.82) is 0 Å². The van der Waals surface area contributed by atoms with E-state index in [9.17, 15) is 9.59 Å². The molecule has 2 saturated heterocycles. The zero-order valence-corrected chi connectivity index (χ0v) is 13.4. The van der Waals surface area contributed by atoms with Crippen molar-refractivity contribution in [3.05, 3.63) is 45.2 Å². The first-order chi connectivity index (χ1) is 11.1. The minimum absolute atomic E-state index is 0.00953. The molecule has 0 unspecified atom stereocenters. The SMILES string of the molecule is O=C1C[C@@H]2CN(Cc3cc(=O)c4cc(Cl)ccc4[nH]3)C[C@@H]2CN1. The van der Waals surface area contributed by atoms with Crippen molar-refractivity contribution in [1.82, 2.24) is 15.2 Å². The standard InChI is InChI=1S/C17H18ClN3O2/c18-12-1-2-15-14(4-12)16(22)5-13(20-15)9-21-7-10-3-17(23)19-6-11(10)8-21/h1-2,4-5,10-11H,3,6-9H2,(H,19,23)(H,20,22)/t10-,11+/m1/s1. The van der Waals surface area contributed by atoms with Gasteiger partial charge in [0.2, 0.25) is 5.91 Å². The Bertz CT molecular complexity index is 832. The van der Waals surface area contributed by atoms with Crippen LogP contribution >= 0.6 is 11.6 Å². The Hall–Kier alpha value is -1.85. The molecule has 2 aliphatic heterocycles. The summed E-state index contributed by atoms with van der Waals surface area (Å²) in [6, 6.07) is 6.98. The Morgan fingerprint density at radius 1 is 1.17 bits per heavy atom. The smallest absolute Gasteiger partial charge is 0.220 e. The van der Waals surface area contributed by atoms with Crippen LogP contribution in [-0.4, -0.2) is 35.4 Å². The summed E-state index contributed by atoms with van der Waals surface area (Å²) in [5, 5.41) is 4.12. The first-order valence-electron chi connectivity index (χ1n) is 7.89. The van der Waals surface area contributed by atoms with Gasteiger partial charge in [0, 0.05) is 60.3 Å². The van der Waals surface area contributed by atoms with Gasteiger partial charge in [-0.15, -0.1) is 0 Å². The molecular formula is C17H18ClN3O2. The summed E-state index contributed by atoms with van der Waals surface area (Å²) in [6.07, 6.45) is 0.619. The van der Waals surface area contributed by atoms with E-state index in [1.165, 1.54) is 0 Å². The quantitative estimate of drug-likeness (QED) is 0.881. The minimum atomic E-state index is -0.00953. The highest BCUT2D eigenvalue weighted by molar-refractivity contribution is 6.31. The van der Waals surface area contributed by atoms with Gasteiger partial charge in [-0.3, -0.25) is 14.5 Å². The lowest BCUT2D eigenvalue weighted by atomic mass is 9.89. The van der Waals surface area contributed by atoms with E-state index < -0.39 is 0 Å². The summed E-state index contributed by atoms with van der Waals surface area (Å²) in [4.78, 5) is 29.4. The second kappa shape index (κ2) is 5.65. The van der Waals surface area contributed by atoms with E-state index in [0.29, 0.717) is 35.2 Å². The monoisotopic (exact) mass is 331 g/mol. The number of hydrogen-bond acceptors (Lipinski definition) is 3. The number of H-pyrrole nitrogens is 1. The van der Waals surface area contributed by atoms with Crippen molar-refractivity contribution in [3.8, 4) is 0 Å². The molecule has 2 fully saturated rings. The average molecular weight is 332 g/mol. The first-order valence-corrected chi connectivity index (χ1v) is 8.27. The van der Waals surface area contributed by atoms with Gasteiger partial charge in [-0.25, -0.2) is 0 Å². The van der Waals surface area contributed by atoms with Gasteiger partial charge in [0.1, 0.15) is 0 Å². The number of hydrogen-bond donors (Lipinski definition) is 2. The van der Waals surface area contributed by atoms with E-state index in [-0.39, 0.29) is 11.3 Å². The van der Waals surface area contributed by atoms with Crippen LogP contribution in [0.3, 0.4) is 0 Å². The maximum absolute atomic E-state index is 12.3. The summed E-state index contributed by atoms with van der Waals surface area (Å²) in [6.45, 7) is 3.35. The van der Waals surface area contributed by atoms with Crippen molar-refractivity contribution in [2.45, 2.75) is 13.0 Å². The molecule has 23 heavy (non-hydrogen) atoms. The molecule has 4 rings (SSSR count). The van der Waals surface area contributed by atoms with Crippen LogP contribution in [0, 0.1) is 11.8 Å². The van der Waals surface area contributed by atoms with Gasteiger partial charge in [0.25, 0.3) is 0 Å². The Kier molecular flexibility index (Phi) is 3.62. The summed E-state index contributed by atoms with van der Waals surface area (Å²) in [5.74, 6) is 1.12. The number of nitrogens with zero attached hydrogens (tertiary/aromatic N) is 1. The zero-order valence-electron chi connectivity index (χ0n) is 12.6. The van der Waals surface area contributed by atoms with Gasteiger partial charge in [-0.05, 0) is 30.0 Å². The number of aromatic nitrogens is 1. The molecule has 6 heteroatoms. The van der Waals surface area contributed by atoms with Crippen LogP contribution in [0.25, 0.3) is 10.9 Å². The number of pyridine rings is 1.